The van der Waals surface area contributed by atoms with Gasteiger partial charge in [-0.1, -0.05) is 26.0 Å². The van der Waals surface area contributed by atoms with Crippen molar-refractivity contribution in [3.05, 3.63) is 59.4 Å². The average Bonchev–Trinajstić information content (AvgIpc) is 3.27. The maximum Gasteiger partial charge on any atom is 0.0969 e. The third-order valence-corrected chi connectivity index (χ3v) is 7.27. The van der Waals surface area contributed by atoms with E-state index in [0.717, 1.165) is 52.4 Å². The number of rotatable bonds is 12. The van der Waals surface area contributed by atoms with E-state index in [9.17, 15) is 5.11 Å². The van der Waals surface area contributed by atoms with Crippen LogP contribution in [0, 0.1) is 5.41 Å². The number of pyridine rings is 1. The molecule has 0 aliphatic rings. The second-order valence-electron chi connectivity index (χ2n) is 10.6. The highest BCUT2D eigenvalue weighted by atomic mass is 16.5. The molecule has 220 valence electrons. The normalized spacial score (nSPS) is 14.2. The molecule has 0 saturated carbocycles. The number of allylic oxidation sites excluding steroid dienone is 1. The quantitative estimate of drug-likeness (QED) is 0.242. The van der Waals surface area contributed by atoms with E-state index in [-0.39, 0.29) is 24.2 Å². The zero-order chi connectivity index (χ0) is 30.0. The number of nitrogens with two attached hydrogens (primary N) is 1. The van der Waals surface area contributed by atoms with Crippen molar-refractivity contribution in [3.8, 4) is 11.3 Å². The van der Waals surface area contributed by atoms with Crippen LogP contribution in [0.15, 0.2) is 47.6 Å². The van der Waals surface area contributed by atoms with Crippen molar-refractivity contribution >= 4 is 22.3 Å². The molecule has 0 aliphatic carbocycles. The van der Waals surface area contributed by atoms with Gasteiger partial charge in [-0.25, -0.2) is 0 Å². The third kappa shape index (κ3) is 7.46. The number of fused-ring (bicyclic) bond motifs is 1. The first-order chi connectivity index (χ1) is 19.1. The molecule has 0 spiro atoms. The Balaban J connectivity index is 0.00000274. The van der Waals surface area contributed by atoms with Gasteiger partial charge in [0.2, 0.25) is 0 Å². The Hall–Kier alpha value is -2.84. The number of benzene rings is 1. The Morgan fingerprint density at radius 1 is 1.20 bits per heavy atom. The number of hydrogen-bond donors (Lipinski definition) is 2. The number of hydrogen-bond acceptors (Lipinski definition) is 6. The van der Waals surface area contributed by atoms with Crippen LogP contribution in [0.25, 0.3) is 27.9 Å². The van der Waals surface area contributed by atoms with Gasteiger partial charge in [0.25, 0.3) is 0 Å². The van der Waals surface area contributed by atoms with E-state index < -0.39 is 0 Å². The molecule has 3 N–H and O–H groups in total. The van der Waals surface area contributed by atoms with E-state index in [4.69, 9.17) is 19.5 Å². The molecule has 0 radical (unpaired) electrons. The molecule has 3 rings (SSSR count). The first-order valence-electron chi connectivity index (χ1n) is 14.3. The van der Waals surface area contributed by atoms with Crippen molar-refractivity contribution in [1.29, 1.82) is 0 Å². The van der Waals surface area contributed by atoms with Gasteiger partial charge in [0.1, 0.15) is 0 Å². The highest BCUT2D eigenvalue weighted by molar-refractivity contribution is 5.96. The molecule has 0 saturated heterocycles. The molecular weight excluding hydrogens is 500 g/mol. The summed E-state index contributed by atoms with van der Waals surface area (Å²) >= 11 is 0. The number of aliphatic imine (C=N–C) groups is 1. The second-order valence-corrected chi connectivity index (χ2v) is 10.6. The fourth-order valence-electron chi connectivity index (χ4n) is 4.93. The number of aliphatic hydroxyl groups is 1. The number of aryl methyl sites for hydroxylation is 1. The van der Waals surface area contributed by atoms with Crippen molar-refractivity contribution in [2.24, 2.45) is 16.1 Å². The van der Waals surface area contributed by atoms with Gasteiger partial charge in [0.15, 0.2) is 0 Å². The first-order valence-corrected chi connectivity index (χ1v) is 14.3. The van der Waals surface area contributed by atoms with Crippen LogP contribution in [0.4, 0.5) is 0 Å². The zero-order valence-corrected chi connectivity index (χ0v) is 26.2. The number of aliphatic hydroxyl groups excluding tert-OH is 1. The molecule has 2 atom stereocenters. The molecule has 2 aromatic heterocycles. The maximum atomic E-state index is 10.2. The van der Waals surface area contributed by atoms with E-state index >= 15 is 0 Å². The summed E-state index contributed by atoms with van der Waals surface area (Å²) in [6.07, 6.45) is 4.40. The molecule has 2 unspecified atom stereocenters. The van der Waals surface area contributed by atoms with Gasteiger partial charge < -0.3 is 24.9 Å². The summed E-state index contributed by atoms with van der Waals surface area (Å²) in [5.74, 6) is 0. The SMILES string of the molecule is C/C=C(\N=C(C)C(C)OCC)c1ccc2c(c1)c(CC(C)(C)CO)c(-c1cccnc1C(C)OC)n2CC.CN. The highest BCUT2D eigenvalue weighted by Gasteiger charge is 2.27. The van der Waals surface area contributed by atoms with Crippen LogP contribution in [0.2, 0.25) is 0 Å². The molecule has 7 heteroatoms. The molecule has 0 bridgehead atoms. The van der Waals surface area contributed by atoms with Crippen molar-refractivity contribution < 1.29 is 14.6 Å². The lowest BCUT2D eigenvalue weighted by molar-refractivity contribution is 0.116. The average molecular weight is 551 g/mol. The van der Waals surface area contributed by atoms with Gasteiger partial charge in [-0.3, -0.25) is 9.98 Å². The van der Waals surface area contributed by atoms with Crippen LogP contribution in [0.5, 0.6) is 0 Å². The first kappa shape index (κ1) is 33.4. The summed E-state index contributed by atoms with van der Waals surface area (Å²) in [4.78, 5) is 9.67. The summed E-state index contributed by atoms with van der Waals surface area (Å²) in [6.45, 7) is 18.1. The Morgan fingerprint density at radius 3 is 2.48 bits per heavy atom. The molecule has 3 aromatic rings. The standard InChI is InChI=1S/C32H45N3O3.CH5N/c1-10-28(34-21(4)22(5)38-12-3)24-15-16-29-26(18-24)27(19-32(7,8)20-36)31(35(29)11-2)25-14-13-17-33-30(25)23(6)37-9;1-2/h10,13-18,22-23,36H,11-12,19-20H2,1-9H3;2H2,1H3/b28-10-,34-21?;. The number of ether oxygens (including phenoxy) is 2. The van der Waals surface area contributed by atoms with Crippen molar-refractivity contribution in [2.45, 2.75) is 80.6 Å². The van der Waals surface area contributed by atoms with Gasteiger partial charge in [-0.15, -0.1) is 0 Å². The lowest BCUT2D eigenvalue weighted by atomic mass is 9.84. The highest BCUT2D eigenvalue weighted by Crippen LogP contribution is 2.41. The fourth-order valence-corrected chi connectivity index (χ4v) is 4.93. The molecular formula is C33H50N4O3. The Kier molecular flexibility index (Phi) is 12.7. The third-order valence-electron chi connectivity index (χ3n) is 7.27. The summed E-state index contributed by atoms with van der Waals surface area (Å²) in [7, 11) is 3.22. The monoisotopic (exact) mass is 550 g/mol. The van der Waals surface area contributed by atoms with Crippen molar-refractivity contribution in [3.63, 3.8) is 0 Å². The van der Waals surface area contributed by atoms with Crippen LogP contribution in [-0.2, 0) is 22.4 Å². The van der Waals surface area contributed by atoms with Crippen LogP contribution in [0.3, 0.4) is 0 Å². The van der Waals surface area contributed by atoms with Gasteiger partial charge in [0.05, 0.1) is 29.3 Å². The summed E-state index contributed by atoms with van der Waals surface area (Å²) in [5.41, 5.74) is 12.6. The molecule has 2 heterocycles. The summed E-state index contributed by atoms with van der Waals surface area (Å²) in [6, 6.07) is 10.7. The number of methoxy groups -OCH3 is 1. The lowest BCUT2D eigenvalue weighted by Crippen LogP contribution is -2.20. The minimum atomic E-state index is -0.294. The zero-order valence-electron chi connectivity index (χ0n) is 26.2. The predicted molar refractivity (Wildman–Crippen MR) is 169 cm³/mol. The van der Waals surface area contributed by atoms with Crippen LogP contribution in [-0.4, -0.2) is 53.8 Å². The van der Waals surface area contributed by atoms with Crippen LogP contribution < -0.4 is 5.73 Å². The van der Waals surface area contributed by atoms with Crippen molar-refractivity contribution in [2.75, 3.05) is 27.4 Å². The Labute approximate surface area is 241 Å². The molecule has 0 aliphatic heterocycles. The maximum absolute atomic E-state index is 10.2. The lowest BCUT2D eigenvalue weighted by Gasteiger charge is -2.23. The van der Waals surface area contributed by atoms with Crippen LogP contribution in [0.1, 0.15) is 78.3 Å². The molecule has 40 heavy (non-hydrogen) atoms. The van der Waals surface area contributed by atoms with E-state index in [1.165, 1.54) is 18.0 Å². The second kappa shape index (κ2) is 15.2. The van der Waals surface area contributed by atoms with Crippen molar-refractivity contribution in [1.82, 2.24) is 9.55 Å². The number of aromatic nitrogens is 2. The number of nitrogens with zero attached hydrogens (tertiary/aromatic N) is 3. The molecule has 0 amide bonds. The summed E-state index contributed by atoms with van der Waals surface area (Å²) in [5, 5.41) is 11.4. The van der Waals surface area contributed by atoms with Gasteiger partial charge >= 0.3 is 0 Å². The van der Waals surface area contributed by atoms with E-state index in [1.807, 2.05) is 46.9 Å². The fraction of sp³-hybridized carbons (Fsp3) is 0.515. The minimum absolute atomic E-state index is 0.0425. The molecule has 7 nitrogen and oxygen atoms in total. The van der Waals surface area contributed by atoms with Gasteiger partial charge in [-0.05, 0) is 90.3 Å². The van der Waals surface area contributed by atoms with E-state index in [1.54, 1.807) is 7.11 Å². The minimum Gasteiger partial charge on any atom is -0.396 e. The summed E-state index contributed by atoms with van der Waals surface area (Å²) < 4.78 is 13.8. The largest absolute Gasteiger partial charge is 0.396 e. The Bertz CT molecular complexity index is 1310. The van der Waals surface area contributed by atoms with E-state index in [0.29, 0.717) is 6.61 Å². The smallest absolute Gasteiger partial charge is 0.0969 e. The molecule has 1 aromatic carbocycles. The van der Waals surface area contributed by atoms with Gasteiger partial charge in [0, 0.05) is 60.8 Å². The molecule has 0 fully saturated rings. The topological polar surface area (TPSA) is 94.9 Å². The predicted octanol–water partition coefficient (Wildman–Crippen LogP) is 6.81. The Morgan fingerprint density at radius 2 is 1.90 bits per heavy atom. The van der Waals surface area contributed by atoms with Crippen LogP contribution >= 0.6 is 0 Å². The van der Waals surface area contributed by atoms with E-state index in [2.05, 4.69) is 61.4 Å². The van der Waals surface area contributed by atoms with Gasteiger partial charge in [-0.2, -0.15) is 0 Å².